The van der Waals surface area contributed by atoms with E-state index < -0.39 is 25.0 Å². The van der Waals surface area contributed by atoms with Crippen LogP contribution in [0, 0.1) is 0 Å². The molecule has 0 atom stereocenters. The molecule has 0 aromatic rings. The van der Waals surface area contributed by atoms with E-state index in [0.29, 0.717) is 0 Å². The number of ether oxygens (including phenoxy) is 1. The van der Waals surface area contributed by atoms with E-state index in [9.17, 15) is 9.59 Å². The molecule has 0 aliphatic rings. The Hall–Kier alpha value is -1.18. The summed E-state index contributed by atoms with van der Waals surface area (Å²) in [5, 5.41) is 15.3. The zero-order valence-corrected chi connectivity index (χ0v) is 9.10. The fraction of sp³-hybridized carbons (Fsp3) is 0.750. The highest BCUT2D eigenvalue weighted by atomic mass is 16.5. The van der Waals surface area contributed by atoms with E-state index in [1.807, 2.05) is 13.8 Å². The van der Waals surface area contributed by atoms with Crippen LogP contribution in [0.5, 0.6) is 0 Å². The van der Waals surface area contributed by atoms with Gasteiger partial charge in [-0.1, -0.05) is 0 Å². The zero-order chi connectivity index (χ0) is 12.7. The molecule has 7 heteroatoms. The molecule has 0 aliphatic carbocycles. The lowest BCUT2D eigenvalue weighted by molar-refractivity contribution is -0.121. The van der Waals surface area contributed by atoms with Gasteiger partial charge in [-0.3, -0.25) is 9.59 Å². The summed E-state index contributed by atoms with van der Waals surface area (Å²) in [7, 11) is 0. The summed E-state index contributed by atoms with van der Waals surface area (Å²) >= 11 is 0. The van der Waals surface area contributed by atoms with Crippen molar-refractivity contribution < 1.29 is 24.5 Å². The first-order chi connectivity index (χ1) is 6.95. The summed E-state index contributed by atoms with van der Waals surface area (Å²) in [5.74, 6) is -1.38. The van der Waals surface area contributed by atoms with Gasteiger partial charge >= 0.3 is 0 Å². The highest BCUT2D eigenvalue weighted by Crippen LogP contribution is 1.64. The topological polar surface area (TPSA) is 136 Å². The fourth-order valence-electron chi connectivity index (χ4n) is 0.204. The summed E-state index contributed by atoms with van der Waals surface area (Å²) in [6.45, 7) is 4.56. The van der Waals surface area contributed by atoms with Gasteiger partial charge in [0.1, 0.15) is 13.2 Å². The Morgan fingerprint density at radius 3 is 1.20 bits per heavy atom. The summed E-state index contributed by atoms with van der Waals surface area (Å²) in [6.07, 6.45) is 0. The standard InChI is InChI=1S/C4H10O.2C2H5NO2/c1-3-5-4-2;2*3-2(5)1-4/h3-4H2,1-2H3;2*4H,1H2,(H2,3,5). The summed E-state index contributed by atoms with van der Waals surface area (Å²) in [4.78, 5) is 18.7. The maximum atomic E-state index is 9.34. The second-order valence-corrected chi connectivity index (χ2v) is 2.03. The number of primary amides is 2. The van der Waals surface area contributed by atoms with Gasteiger partial charge in [-0.2, -0.15) is 0 Å². The van der Waals surface area contributed by atoms with Crippen LogP contribution in [0.1, 0.15) is 13.8 Å². The molecule has 15 heavy (non-hydrogen) atoms. The molecule has 0 radical (unpaired) electrons. The lowest BCUT2D eigenvalue weighted by atomic mass is 10.7. The SMILES string of the molecule is CCOCC.NC(=O)CO.NC(=O)CO. The van der Waals surface area contributed by atoms with Crippen LogP contribution in [0.25, 0.3) is 0 Å². The van der Waals surface area contributed by atoms with Crippen molar-refractivity contribution in [2.75, 3.05) is 26.4 Å². The van der Waals surface area contributed by atoms with Gasteiger partial charge in [0.05, 0.1) is 0 Å². The average molecular weight is 224 g/mol. The molecule has 0 unspecified atom stereocenters. The molecule has 7 nitrogen and oxygen atoms in total. The minimum absolute atomic E-state index is 0.556. The minimum Gasteiger partial charge on any atom is -0.387 e. The van der Waals surface area contributed by atoms with Crippen LogP contribution in [0.3, 0.4) is 0 Å². The number of hydrogen-bond acceptors (Lipinski definition) is 5. The molecule has 0 fully saturated rings. The molecule has 0 heterocycles. The smallest absolute Gasteiger partial charge is 0.243 e. The second kappa shape index (κ2) is 18.6. The van der Waals surface area contributed by atoms with Crippen molar-refractivity contribution in [1.82, 2.24) is 0 Å². The molecule has 0 bridgehead atoms. The Morgan fingerprint density at radius 2 is 1.20 bits per heavy atom. The van der Waals surface area contributed by atoms with E-state index in [1.54, 1.807) is 0 Å². The number of carbonyl (C=O) groups is 2. The van der Waals surface area contributed by atoms with Crippen molar-refractivity contribution in [3.8, 4) is 0 Å². The second-order valence-electron chi connectivity index (χ2n) is 2.03. The molecular weight excluding hydrogens is 204 g/mol. The molecule has 0 saturated heterocycles. The fourth-order valence-corrected chi connectivity index (χ4v) is 0.204. The van der Waals surface area contributed by atoms with Gasteiger partial charge in [0.25, 0.3) is 0 Å². The molecule has 0 aliphatic heterocycles. The third-order valence-corrected chi connectivity index (χ3v) is 0.720. The van der Waals surface area contributed by atoms with Gasteiger partial charge in [-0.25, -0.2) is 0 Å². The predicted molar refractivity (Wildman–Crippen MR) is 54.7 cm³/mol. The maximum Gasteiger partial charge on any atom is 0.243 e. The number of rotatable bonds is 4. The van der Waals surface area contributed by atoms with Gasteiger partial charge in [0.15, 0.2) is 0 Å². The lowest BCUT2D eigenvalue weighted by Crippen LogP contribution is -2.14. The molecule has 0 saturated carbocycles. The van der Waals surface area contributed by atoms with E-state index in [2.05, 4.69) is 11.5 Å². The monoisotopic (exact) mass is 224 g/mol. The molecule has 0 aromatic carbocycles. The van der Waals surface area contributed by atoms with Gasteiger partial charge in [0.2, 0.25) is 11.8 Å². The quantitative estimate of drug-likeness (QED) is 0.436. The summed E-state index contributed by atoms with van der Waals surface area (Å²) in [5.41, 5.74) is 8.81. The Labute approximate surface area is 89.0 Å². The average Bonchev–Trinajstić information content (AvgIpc) is 2.20. The molecule has 92 valence electrons. The summed E-state index contributed by atoms with van der Waals surface area (Å²) in [6, 6.07) is 0. The summed E-state index contributed by atoms with van der Waals surface area (Å²) < 4.78 is 4.83. The number of carbonyl (C=O) groups excluding carboxylic acids is 2. The van der Waals surface area contributed by atoms with Crippen molar-refractivity contribution in [1.29, 1.82) is 0 Å². The van der Waals surface area contributed by atoms with Gasteiger partial charge in [-0.15, -0.1) is 0 Å². The maximum absolute atomic E-state index is 9.34. The zero-order valence-electron chi connectivity index (χ0n) is 9.10. The lowest BCUT2D eigenvalue weighted by Gasteiger charge is -1.86. The molecular formula is C8H20N2O5. The largest absolute Gasteiger partial charge is 0.387 e. The van der Waals surface area contributed by atoms with Crippen LogP contribution in [-0.2, 0) is 14.3 Å². The van der Waals surface area contributed by atoms with E-state index in [-0.39, 0.29) is 0 Å². The number of amides is 2. The van der Waals surface area contributed by atoms with Crippen LogP contribution in [0.4, 0.5) is 0 Å². The third kappa shape index (κ3) is 64.6. The molecule has 6 N–H and O–H groups in total. The van der Waals surface area contributed by atoms with Crippen LogP contribution in [-0.4, -0.2) is 48.5 Å². The van der Waals surface area contributed by atoms with E-state index in [4.69, 9.17) is 14.9 Å². The van der Waals surface area contributed by atoms with Crippen LogP contribution >= 0.6 is 0 Å². The van der Waals surface area contributed by atoms with Crippen LogP contribution < -0.4 is 11.5 Å². The first-order valence-electron chi connectivity index (χ1n) is 4.32. The minimum atomic E-state index is -0.690. The van der Waals surface area contributed by atoms with Gasteiger partial charge in [-0.05, 0) is 13.8 Å². The van der Waals surface area contributed by atoms with Crippen molar-refractivity contribution >= 4 is 11.8 Å². The first-order valence-corrected chi connectivity index (χ1v) is 4.32. The molecule has 0 aromatic heterocycles. The van der Waals surface area contributed by atoms with Crippen LogP contribution in [0.2, 0.25) is 0 Å². The van der Waals surface area contributed by atoms with Crippen molar-refractivity contribution in [3.63, 3.8) is 0 Å². The predicted octanol–water partition coefficient (Wildman–Crippen LogP) is -2.03. The van der Waals surface area contributed by atoms with Crippen molar-refractivity contribution in [3.05, 3.63) is 0 Å². The normalized spacial score (nSPS) is 7.73. The van der Waals surface area contributed by atoms with Crippen LogP contribution in [0.15, 0.2) is 0 Å². The Kier molecular flexibility index (Phi) is 24.0. The van der Waals surface area contributed by atoms with Crippen molar-refractivity contribution in [2.45, 2.75) is 13.8 Å². The van der Waals surface area contributed by atoms with Gasteiger partial charge in [0, 0.05) is 13.2 Å². The first kappa shape index (κ1) is 19.4. The van der Waals surface area contributed by atoms with E-state index in [0.717, 1.165) is 13.2 Å². The molecule has 0 rings (SSSR count). The third-order valence-electron chi connectivity index (χ3n) is 0.720. The van der Waals surface area contributed by atoms with E-state index in [1.165, 1.54) is 0 Å². The molecule has 0 spiro atoms. The Morgan fingerprint density at radius 1 is 1.00 bits per heavy atom. The number of aliphatic hydroxyl groups excluding tert-OH is 2. The van der Waals surface area contributed by atoms with Gasteiger partial charge < -0.3 is 26.4 Å². The highest BCUT2D eigenvalue weighted by Gasteiger charge is 1.79. The number of nitrogens with two attached hydrogens (primary N) is 2. The Balaban J connectivity index is -0.000000144. The number of hydrogen-bond donors (Lipinski definition) is 4. The van der Waals surface area contributed by atoms with E-state index >= 15 is 0 Å². The Bertz CT molecular complexity index is 136. The number of aliphatic hydroxyl groups is 2. The highest BCUT2D eigenvalue weighted by molar-refractivity contribution is 5.74. The molecule has 2 amide bonds. The van der Waals surface area contributed by atoms with Crippen molar-refractivity contribution in [2.24, 2.45) is 11.5 Å².